The van der Waals surface area contributed by atoms with Crippen LogP contribution in [0.15, 0.2) is 73.2 Å². The maximum Gasteiger partial charge on any atom is 0.201 e. The number of hydrogen-bond donors (Lipinski definition) is 2. The highest BCUT2D eigenvalue weighted by molar-refractivity contribution is 7.70. The number of aryl methyl sites for hydroxylation is 1. The first-order chi connectivity index (χ1) is 15.5. The van der Waals surface area contributed by atoms with Crippen LogP contribution < -0.4 is 4.72 Å². The van der Waals surface area contributed by atoms with Crippen LogP contribution in [0.1, 0.15) is 27.9 Å². The Labute approximate surface area is 186 Å². The Morgan fingerprint density at radius 2 is 1.84 bits per heavy atom. The van der Waals surface area contributed by atoms with E-state index in [4.69, 9.17) is 0 Å². The molecular weight excluding hydrogens is 429 g/mol. The fourth-order valence-electron chi connectivity index (χ4n) is 3.52. The molecule has 6 nitrogen and oxygen atoms in total. The monoisotopic (exact) mass is 449 g/mol. The summed E-state index contributed by atoms with van der Waals surface area (Å²) in [5.74, 6) is -0.796. The predicted molar refractivity (Wildman–Crippen MR) is 121 cm³/mol. The molecule has 2 heterocycles. The average molecular weight is 450 g/mol. The second-order valence-electron chi connectivity index (χ2n) is 7.32. The summed E-state index contributed by atoms with van der Waals surface area (Å²) in [6.07, 6.45) is 6.15. The highest BCUT2D eigenvalue weighted by Crippen LogP contribution is 2.24. The fraction of sp³-hybridized carbons (Fsp3) is 0.125. The summed E-state index contributed by atoms with van der Waals surface area (Å²) in [4.78, 5) is 21.7. The summed E-state index contributed by atoms with van der Waals surface area (Å²) >= 11 is 0. The van der Waals surface area contributed by atoms with E-state index in [2.05, 4.69) is 14.7 Å². The molecule has 0 atom stereocenters. The minimum Gasteiger partial charge on any atom is -0.289 e. The summed E-state index contributed by atoms with van der Waals surface area (Å²) < 4.78 is 37.6. The van der Waals surface area contributed by atoms with Gasteiger partial charge in [-0.1, -0.05) is 6.07 Å². The largest absolute Gasteiger partial charge is 0.289 e. The normalized spacial score (nSPS) is 11.2. The number of halogens is 1. The number of rotatable bonds is 8. The topological polar surface area (TPSA) is 89.0 Å². The summed E-state index contributed by atoms with van der Waals surface area (Å²) in [6, 6.07) is 15.2. The van der Waals surface area contributed by atoms with Gasteiger partial charge in [0.2, 0.25) is 10.9 Å². The number of hydrogen-bond acceptors (Lipinski definition) is 5. The van der Waals surface area contributed by atoms with Crippen molar-refractivity contribution in [3.63, 3.8) is 0 Å². The zero-order chi connectivity index (χ0) is 22.5. The SMILES string of the molecule is O=C(c1cc(F)cc(CCCN[SH](=O)=O)c1)c1ccc2ncc(-c3cccnc3)cc2c1. The molecule has 0 spiro atoms. The summed E-state index contributed by atoms with van der Waals surface area (Å²) in [6.45, 7) is 0.259. The Hall–Kier alpha value is -3.49. The van der Waals surface area contributed by atoms with Crippen molar-refractivity contribution in [3.05, 3.63) is 95.7 Å². The van der Waals surface area contributed by atoms with Crippen LogP contribution in [-0.4, -0.2) is 30.7 Å². The molecule has 2 aromatic carbocycles. The first-order valence-electron chi connectivity index (χ1n) is 10.0. The van der Waals surface area contributed by atoms with Crippen molar-refractivity contribution < 1.29 is 17.6 Å². The average Bonchev–Trinajstić information content (AvgIpc) is 2.81. The van der Waals surface area contributed by atoms with Crippen molar-refractivity contribution in [1.29, 1.82) is 0 Å². The van der Waals surface area contributed by atoms with Gasteiger partial charge in [-0.3, -0.25) is 14.8 Å². The Kier molecular flexibility index (Phi) is 6.63. The quantitative estimate of drug-likeness (QED) is 0.243. The van der Waals surface area contributed by atoms with E-state index in [1.54, 1.807) is 42.9 Å². The summed E-state index contributed by atoms with van der Waals surface area (Å²) in [5.41, 5.74) is 3.87. The van der Waals surface area contributed by atoms with E-state index in [1.807, 2.05) is 18.2 Å². The van der Waals surface area contributed by atoms with Gasteiger partial charge >= 0.3 is 0 Å². The molecule has 0 unspecified atom stereocenters. The lowest BCUT2D eigenvalue weighted by molar-refractivity contribution is 0.103. The van der Waals surface area contributed by atoms with Crippen LogP contribution >= 0.6 is 0 Å². The van der Waals surface area contributed by atoms with Crippen LogP contribution in [0.2, 0.25) is 0 Å². The van der Waals surface area contributed by atoms with E-state index in [0.717, 1.165) is 22.0 Å². The van der Waals surface area contributed by atoms with Gasteiger partial charge in [-0.05, 0) is 66.9 Å². The van der Waals surface area contributed by atoms with E-state index in [0.29, 0.717) is 24.0 Å². The summed E-state index contributed by atoms with van der Waals surface area (Å²) in [7, 11) is -2.65. The van der Waals surface area contributed by atoms with Crippen molar-refractivity contribution >= 4 is 27.6 Å². The van der Waals surface area contributed by atoms with Gasteiger partial charge in [0.05, 0.1) is 5.52 Å². The number of benzene rings is 2. The highest BCUT2D eigenvalue weighted by Gasteiger charge is 2.13. The van der Waals surface area contributed by atoms with Crippen LogP contribution in [0.4, 0.5) is 4.39 Å². The molecule has 2 aromatic heterocycles. The molecule has 0 aliphatic rings. The minimum absolute atomic E-state index is 0.249. The number of carbonyl (C=O) groups excluding carboxylic acids is 1. The second-order valence-corrected chi connectivity index (χ2v) is 8.15. The zero-order valence-electron chi connectivity index (χ0n) is 17.0. The van der Waals surface area contributed by atoms with Gasteiger partial charge in [0.15, 0.2) is 5.78 Å². The molecule has 0 amide bonds. The van der Waals surface area contributed by atoms with Gasteiger partial charge in [0.25, 0.3) is 0 Å². The number of carbonyl (C=O) groups is 1. The molecule has 1 N–H and O–H groups in total. The highest BCUT2D eigenvalue weighted by atomic mass is 32.2. The van der Waals surface area contributed by atoms with Gasteiger partial charge in [-0.15, -0.1) is 0 Å². The Balaban J connectivity index is 1.60. The fourth-order valence-corrected chi connectivity index (χ4v) is 3.86. The molecule has 0 saturated carbocycles. The molecule has 0 bridgehead atoms. The Morgan fingerprint density at radius 3 is 2.62 bits per heavy atom. The smallest absolute Gasteiger partial charge is 0.201 e. The molecule has 0 fully saturated rings. The van der Waals surface area contributed by atoms with Gasteiger partial charge < -0.3 is 0 Å². The van der Waals surface area contributed by atoms with E-state index < -0.39 is 16.7 Å². The minimum atomic E-state index is -2.65. The lowest BCUT2D eigenvalue weighted by atomic mass is 9.97. The third kappa shape index (κ3) is 5.22. The van der Waals surface area contributed by atoms with E-state index in [1.165, 1.54) is 12.1 Å². The standard InChI is InChI=1S/C24H20FN3O3S/c25-22-10-16(3-1-8-28-32(30)31)9-20(13-22)24(29)17-5-6-23-19(11-17)12-21(15-27-23)18-4-2-7-26-14-18/h2,4-7,9-15,32H,1,3,8H2,(H,28,30,31). The van der Waals surface area contributed by atoms with Crippen molar-refractivity contribution in [3.8, 4) is 11.1 Å². The van der Waals surface area contributed by atoms with Gasteiger partial charge in [0, 0.05) is 52.8 Å². The predicted octanol–water partition coefficient (Wildman–Crippen LogP) is 3.72. The molecular formula is C24H20FN3O3S. The molecule has 0 radical (unpaired) electrons. The first kappa shape index (κ1) is 21.7. The maximum atomic E-state index is 14.2. The van der Waals surface area contributed by atoms with Crippen LogP contribution in [-0.2, 0) is 17.3 Å². The van der Waals surface area contributed by atoms with Gasteiger partial charge in [-0.25, -0.2) is 17.5 Å². The van der Waals surface area contributed by atoms with Crippen molar-refractivity contribution in [2.24, 2.45) is 0 Å². The van der Waals surface area contributed by atoms with Crippen molar-refractivity contribution in [2.75, 3.05) is 6.54 Å². The molecule has 8 heteroatoms. The molecule has 0 saturated heterocycles. The Morgan fingerprint density at radius 1 is 0.969 bits per heavy atom. The number of thiol groups is 1. The third-order valence-electron chi connectivity index (χ3n) is 5.04. The van der Waals surface area contributed by atoms with Gasteiger partial charge in [0.1, 0.15) is 5.82 Å². The van der Waals surface area contributed by atoms with Crippen molar-refractivity contribution in [1.82, 2.24) is 14.7 Å². The van der Waals surface area contributed by atoms with Crippen LogP contribution in [0.25, 0.3) is 22.0 Å². The van der Waals surface area contributed by atoms with Crippen LogP contribution in [0.3, 0.4) is 0 Å². The van der Waals surface area contributed by atoms with E-state index in [9.17, 15) is 17.6 Å². The van der Waals surface area contributed by atoms with Gasteiger partial charge in [-0.2, -0.15) is 0 Å². The molecule has 4 aromatic rings. The molecule has 0 aliphatic heterocycles. The molecule has 32 heavy (non-hydrogen) atoms. The molecule has 4 rings (SSSR count). The number of ketones is 1. The first-order valence-corrected chi connectivity index (χ1v) is 11.2. The second kappa shape index (κ2) is 9.76. The lowest BCUT2D eigenvalue weighted by Gasteiger charge is -2.08. The van der Waals surface area contributed by atoms with E-state index in [-0.39, 0.29) is 17.9 Å². The number of pyridine rings is 2. The Bertz CT molecular complexity index is 1350. The number of fused-ring (bicyclic) bond motifs is 1. The zero-order valence-corrected chi connectivity index (χ0v) is 17.9. The maximum absolute atomic E-state index is 14.2. The number of aromatic nitrogens is 2. The molecule has 0 aliphatic carbocycles. The lowest BCUT2D eigenvalue weighted by Crippen LogP contribution is -2.13. The van der Waals surface area contributed by atoms with Crippen molar-refractivity contribution in [2.45, 2.75) is 12.8 Å². The molecule has 162 valence electrons. The summed E-state index contributed by atoms with van der Waals surface area (Å²) in [5, 5.41) is 0.798. The number of nitrogens with zero attached hydrogens (tertiary/aromatic N) is 2. The number of nitrogens with one attached hydrogen (secondary N) is 1. The van der Waals surface area contributed by atoms with Crippen LogP contribution in [0.5, 0.6) is 0 Å². The van der Waals surface area contributed by atoms with Crippen LogP contribution in [0, 0.1) is 5.82 Å². The van der Waals surface area contributed by atoms with E-state index >= 15 is 0 Å². The third-order valence-corrected chi connectivity index (χ3v) is 5.52.